The van der Waals surface area contributed by atoms with E-state index in [1.54, 1.807) is 0 Å². The second-order valence-corrected chi connectivity index (χ2v) is 15.4. The van der Waals surface area contributed by atoms with Gasteiger partial charge in [0, 0.05) is 43.2 Å². The number of aliphatic hydroxyl groups is 1. The number of nitrogens with zero attached hydrogens (tertiary/aromatic N) is 1. The Hall–Kier alpha value is -3.09. The Labute approximate surface area is 315 Å². The van der Waals surface area contributed by atoms with Crippen molar-refractivity contribution in [2.24, 2.45) is 10.8 Å². The van der Waals surface area contributed by atoms with Gasteiger partial charge < -0.3 is 10.1 Å². The molecular weight excluding hydrogens is 818 g/mol. The van der Waals surface area contributed by atoms with E-state index < -0.39 is 10.8 Å². The summed E-state index contributed by atoms with van der Waals surface area (Å²) in [5.41, 5.74) is 5.31. The minimum Gasteiger partial charge on any atom is -0.512 e. The van der Waals surface area contributed by atoms with Gasteiger partial charge in [0.05, 0.1) is 1.37 Å². The van der Waals surface area contributed by atoms with Crippen LogP contribution in [0.2, 0.25) is 0 Å². The zero-order valence-corrected chi connectivity index (χ0v) is 33.0. The summed E-state index contributed by atoms with van der Waals surface area (Å²) in [6.07, 6.45) is 4.80. The van der Waals surface area contributed by atoms with Crippen LogP contribution in [-0.4, -0.2) is 22.6 Å². The van der Waals surface area contributed by atoms with Crippen molar-refractivity contribution >= 4 is 63.2 Å². The minimum atomic E-state index is -0.534. The Balaban J connectivity index is 0.000000223. The Kier molecular flexibility index (Phi) is 11.3. The molecule has 7 heteroatoms. The molecular formula is C42H43BIrNO2S2-. The topological polar surface area (TPSA) is 50.2 Å². The number of aromatic nitrogens is 1. The van der Waals surface area contributed by atoms with Gasteiger partial charge in [0.15, 0.2) is 5.78 Å². The first kappa shape index (κ1) is 35.7. The number of carbonyl (C=O) groups excluding carboxylic acids is 1. The summed E-state index contributed by atoms with van der Waals surface area (Å²) in [6.45, 7) is 11.9. The number of pyridine rings is 1. The van der Waals surface area contributed by atoms with Crippen molar-refractivity contribution in [1.29, 1.82) is 0 Å². The Morgan fingerprint density at radius 2 is 1.39 bits per heavy atom. The number of aliphatic hydroxyl groups excluding tert-OH is 1. The largest absolute Gasteiger partial charge is 0.512 e. The fourth-order valence-electron chi connectivity index (χ4n) is 6.30. The van der Waals surface area contributed by atoms with E-state index in [1.165, 1.54) is 46.7 Å². The van der Waals surface area contributed by atoms with Gasteiger partial charge in [0.2, 0.25) is 6.71 Å². The molecule has 2 aliphatic rings. The predicted molar refractivity (Wildman–Crippen MR) is 205 cm³/mol. The van der Waals surface area contributed by atoms with E-state index in [1.807, 2.05) is 71.3 Å². The fourth-order valence-corrected chi connectivity index (χ4v) is 8.77. The van der Waals surface area contributed by atoms with Gasteiger partial charge in [-0.15, -0.1) is 46.7 Å². The maximum absolute atomic E-state index is 12.3. The minimum absolute atomic E-state index is 0. The number of fused-ring (bicyclic) bond motifs is 5. The van der Waals surface area contributed by atoms with Gasteiger partial charge in [-0.3, -0.25) is 4.79 Å². The van der Waals surface area contributed by atoms with Crippen molar-refractivity contribution in [3.8, 4) is 11.3 Å². The van der Waals surface area contributed by atoms with Gasteiger partial charge in [-0.2, -0.15) is 0 Å². The first-order valence-electron chi connectivity index (χ1n) is 17.5. The third kappa shape index (κ3) is 7.10. The summed E-state index contributed by atoms with van der Waals surface area (Å²) in [5, 5.41) is 12.6. The van der Waals surface area contributed by atoms with E-state index in [0.29, 0.717) is 12.8 Å². The maximum Gasteiger partial charge on any atom is 0.227 e. The van der Waals surface area contributed by atoms with Gasteiger partial charge >= 0.3 is 0 Å². The van der Waals surface area contributed by atoms with Crippen molar-refractivity contribution in [2.75, 3.05) is 0 Å². The molecule has 0 saturated carbocycles. The van der Waals surface area contributed by atoms with Crippen LogP contribution in [-0.2, 0) is 24.9 Å². The number of hydrogen-bond acceptors (Lipinski definition) is 5. The first-order chi connectivity index (χ1) is 23.6. The number of carbonyl (C=O) groups is 1. The molecule has 0 amide bonds. The molecule has 4 aromatic carbocycles. The van der Waals surface area contributed by atoms with E-state index in [9.17, 15) is 9.90 Å². The Bertz CT molecular complexity index is 2060. The molecule has 0 fully saturated rings. The molecule has 1 aromatic heterocycles. The van der Waals surface area contributed by atoms with Crippen LogP contribution in [0.5, 0.6) is 0 Å². The molecule has 0 unspecified atom stereocenters. The summed E-state index contributed by atoms with van der Waals surface area (Å²) in [5.74, 6) is -0.288. The monoisotopic (exact) mass is 862 g/mol. The van der Waals surface area contributed by atoms with Gasteiger partial charge in [0.1, 0.15) is 5.76 Å². The number of benzene rings is 4. The quantitative estimate of drug-likeness (QED) is 0.0715. The molecule has 5 aromatic rings. The van der Waals surface area contributed by atoms with Crippen molar-refractivity contribution in [2.45, 2.75) is 86.8 Å². The fraction of sp³-hybridized carbons (Fsp3) is 0.286. The summed E-state index contributed by atoms with van der Waals surface area (Å²) < 4.78 is 7.99. The molecule has 253 valence electrons. The third-order valence-electron chi connectivity index (χ3n) is 10.6. The molecule has 49 heavy (non-hydrogen) atoms. The first-order valence-corrected chi connectivity index (χ1v) is 18.6. The molecule has 1 radical (unpaired) electrons. The number of hydrogen-bond donors (Lipinski definition) is 1. The van der Waals surface area contributed by atoms with Crippen LogP contribution in [0.25, 0.3) is 22.0 Å². The molecule has 7 rings (SSSR count). The normalized spacial score (nSPS) is 13.8. The number of rotatable bonds is 8. The van der Waals surface area contributed by atoms with E-state index in [2.05, 4.69) is 91.0 Å². The summed E-state index contributed by atoms with van der Waals surface area (Å²) in [6, 6.07) is 33.9. The molecule has 2 aliphatic heterocycles. The Morgan fingerprint density at radius 1 is 0.837 bits per heavy atom. The molecule has 3 nitrogen and oxygen atoms in total. The van der Waals surface area contributed by atoms with Crippen LogP contribution in [0.15, 0.2) is 123 Å². The summed E-state index contributed by atoms with van der Waals surface area (Å²) >= 11 is 3.73. The molecule has 0 spiro atoms. The van der Waals surface area contributed by atoms with Crippen LogP contribution < -0.4 is 16.4 Å². The standard InChI is InChI=1S/C27H15BNS2.C15H28O2.Ir/c1-2-8-18-16-29-22(15-17(18)7-1)19-13-14-25-26-27(19)31-24-12-6-4-10-21(24)28(26)20-9-3-5-11-23(20)30-25;1-7-14(5,8-2)12(16)11-13(17)15(6,9-3)10-4;/h1-12,14-16H;11,16H,7-10H2,1-6H3;/q-1;;/b;12-11-;/i;11D;. The van der Waals surface area contributed by atoms with Crippen molar-refractivity contribution in [3.05, 3.63) is 109 Å². The van der Waals surface area contributed by atoms with E-state index >= 15 is 0 Å². The molecule has 0 saturated heterocycles. The van der Waals surface area contributed by atoms with Crippen molar-refractivity contribution in [3.63, 3.8) is 0 Å². The maximum atomic E-state index is 12.3. The molecule has 1 N–H and O–H groups in total. The average Bonchev–Trinajstić information content (AvgIpc) is 3.16. The van der Waals surface area contributed by atoms with Gasteiger partial charge in [-0.05, 0) is 64.1 Å². The van der Waals surface area contributed by atoms with Crippen LogP contribution in [0.4, 0.5) is 0 Å². The van der Waals surface area contributed by atoms with Crippen LogP contribution in [0.1, 0.15) is 68.6 Å². The Morgan fingerprint density at radius 3 is 2.00 bits per heavy atom. The van der Waals surface area contributed by atoms with Gasteiger partial charge in [-0.25, -0.2) is 0 Å². The zero-order valence-electron chi connectivity index (χ0n) is 30.0. The molecule has 0 bridgehead atoms. The number of allylic oxidation sites excluding steroid dienone is 2. The predicted octanol–water partition coefficient (Wildman–Crippen LogP) is 9.79. The second-order valence-electron chi connectivity index (χ2n) is 13.2. The van der Waals surface area contributed by atoms with Gasteiger partial charge in [-0.1, -0.05) is 129 Å². The van der Waals surface area contributed by atoms with Gasteiger partial charge in [0.25, 0.3) is 0 Å². The number of ketones is 1. The van der Waals surface area contributed by atoms with Crippen LogP contribution in [0.3, 0.4) is 0 Å². The van der Waals surface area contributed by atoms with E-state index in [-0.39, 0.29) is 44.4 Å². The van der Waals surface area contributed by atoms with Crippen molar-refractivity contribution < 1.29 is 31.4 Å². The molecule has 3 heterocycles. The van der Waals surface area contributed by atoms with E-state index in [0.717, 1.165) is 24.1 Å². The van der Waals surface area contributed by atoms with Crippen LogP contribution >= 0.6 is 23.5 Å². The average molecular weight is 862 g/mol. The SMILES string of the molecule is [2H]/C(C(=O)C(C)(CC)CC)=C(/O)C(C)(CC)CC.[Ir].[c-]1cc2c3c(c1-c1cc4ccccc4cn1)Sc1ccccc1B3c1ccccc1S2. The smallest absolute Gasteiger partial charge is 0.227 e. The van der Waals surface area contributed by atoms with Crippen molar-refractivity contribution in [1.82, 2.24) is 4.98 Å². The second kappa shape index (κ2) is 15.4. The summed E-state index contributed by atoms with van der Waals surface area (Å²) in [4.78, 5) is 22.5. The zero-order chi connectivity index (χ0) is 34.9. The van der Waals surface area contributed by atoms with Crippen LogP contribution in [0, 0.1) is 16.9 Å². The summed E-state index contributed by atoms with van der Waals surface area (Å²) in [7, 11) is 0. The molecule has 0 atom stereocenters. The third-order valence-corrected chi connectivity index (χ3v) is 13.0. The van der Waals surface area contributed by atoms with E-state index in [4.69, 9.17) is 6.35 Å². The molecule has 0 aliphatic carbocycles.